The monoisotopic (exact) mass is 250 g/mol. The molecule has 1 heterocycles. The van der Waals surface area contributed by atoms with Crippen molar-refractivity contribution >= 4 is 16.7 Å². The number of hydrogen-bond donors (Lipinski definition) is 2. The smallest absolute Gasteiger partial charge is 0.126 e. The van der Waals surface area contributed by atoms with Crippen LogP contribution in [0.25, 0.3) is 10.9 Å². The molecule has 1 aromatic heterocycles. The van der Waals surface area contributed by atoms with Gasteiger partial charge < -0.3 is 15.2 Å². The number of nitrogens with zero attached hydrogens (tertiary/aromatic N) is 1. The fraction of sp³-hybridized carbons (Fsp3) is 0.308. The van der Waals surface area contributed by atoms with Crippen LogP contribution in [0.3, 0.4) is 0 Å². The highest BCUT2D eigenvalue weighted by atomic mass is 19.1. The van der Waals surface area contributed by atoms with Crippen LogP contribution >= 0.6 is 0 Å². The molecule has 0 saturated carbocycles. The lowest BCUT2D eigenvalue weighted by Gasteiger charge is -2.11. The van der Waals surface area contributed by atoms with Crippen molar-refractivity contribution in [1.29, 1.82) is 0 Å². The Morgan fingerprint density at radius 1 is 1.39 bits per heavy atom. The quantitative estimate of drug-likeness (QED) is 0.849. The van der Waals surface area contributed by atoms with Crippen LogP contribution in [0.1, 0.15) is 0 Å². The number of anilines is 1. The summed E-state index contributed by atoms with van der Waals surface area (Å²) >= 11 is 0. The Hall–Kier alpha value is -1.72. The van der Waals surface area contributed by atoms with Gasteiger partial charge in [-0.1, -0.05) is 0 Å². The van der Waals surface area contributed by atoms with Crippen molar-refractivity contribution in [2.75, 3.05) is 25.6 Å². The number of hydrogen-bond acceptors (Lipinski definition) is 4. The summed E-state index contributed by atoms with van der Waals surface area (Å²) in [6.45, 7) is 0.594. The molecule has 18 heavy (non-hydrogen) atoms. The summed E-state index contributed by atoms with van der Waals surface area (Å²) in [5.74, 6) is 0.287. The Bertz CT molecular complexity index is 533. The Kier molecular flexibility index (Phi) is 4.07. The summed E-state index contributed by atoms with van der Waals surface area (Å²) < 4.78 is 17.9. The van der Waals surface area contributed by atoms with E-state index in [-0.39, 0.29) is 12.4 Å². The number of pyridine rings is 1. The van der Waals surface area contributed by atoms with Gasteiger partial charge in [0.05, 0.1) is 18.2 Å². The molecular formula is C13H15FN2O2. The molecule has 0 radical (unpaired) electrons. The first kappa shape index (κ1) is 12.7. The molecule has 2 rings (SSSR count). The van der Waals surface area contributed by atoms with E-state index in [1.807, 2.05) is 6.07 Å². The summed E-state index contributed by atoms with van der Waals surface area (Å²) in [5, 5.41) is 13.3. The van der Waals surface area contributed by atoms with Crippen molar-refractivity contribution in [2.24, 2.45) is 0 Å². The van der Waals surface area contributed by atoms with Crippen LogP contribution in [0.4, 0.5) is 10.2 Å². The number of nitrogens with one attached hydrogen (secondary N) is 1. The van der Waals surface area contributed by atoms with E-state index < -0.39 is 6.10 Å². The number of aliphatic hydroxyl groups is 1. The fourth-order valence-electron chi connectivity index (χ4n) is 1.66. The second-order valence-corrected chi connectivity index (χ2v) is 4.02. The van der Waals surface area contributed by atoms with Crippen molar-refractivity contribution < 1.29 is 14.2 Å². The lowest BCUT2D eigenvalue weighted by molar-refractivity contribution is 0.0727. The first-order chi connectivity index (χ1) is 8.69. The Morgan fingerprint density at radius 3 is 2.94 bits per heavy atom. The molecule has 0 spiro atoms. The number of aromatic nitrogens is 1. The van der Waals surface area contributed by atoms with Crippen LogP contribution in [0.2, 0.25) is 0 Å². The van der Waals surface area contributed by atoms with E-state index in [4.69, 9.17) is 4.74 Å². The normalized spacial score (nSPS) is 12.6. The van der Waals surface area contributed by atoms with E-state index in [9.17, 15) is 9.50 Å². The third kappa shape index (κ3) is 3.15. The number of ether oxygens (including phenoxy) is 1. The first-order valence-electron chi connectivity index (χ1n) is 5.66. The molecule has 96 valence electrons. The first-order valence-corrected chi connectivity index (χ1v) is 5.66. The largest absolute Gasteiger partial charge is 0.389 e. The molecule has 2 aromatic rings. The van der Waals surface area contributed by atoms with Gasteiger partial charge in [0.15, 0.2) is 0 Å². The lowest BCUT2D eigenvalue weighted by atomic mass is 10.2. The average molecular weight is 250 g/mol. The van der Waals surface area contributed by atoms with Crippen molar-refractivity contribution in [3.63, 3.8) is 0 Å². The summed E-state index contributed by atoms with van der Waals surface area (Å²) in [6.07, 6.45) is -0.597. The Labute approximate surface area is 104 Å². The SMILES string of the molecule is COCC(O)CNc1ccc2ccc(F)cc2n1. The van der Waals surface area contributed by atoms with Gasteiger partial charge in [0.25, 0.3) is 0 Å². The van der Waals surface area contributed by atoms with Gasteiger partial charge in [0.2, 0.25) is 0 Å². The van der Waals surface area contributed by atoms with E-state index >= 15 is 0 Å². The van der Waals surface area contributed by atoms with Crippen molar-refractivity contribution in [3.05, 3.63) is 36.1 Å². The van der Waals surface area contributed by atoms with Crippen LogP contribution in [0, 0.1) is 5.82 Å². The molecule has 1 aromatic carbocycles. The van der Waals surface area contributed by atoms with Crippen LogP contribution in [-0.4, -0.2) is 36.5 Å². The number of halogens is 1. The second-order valence-electron chi connectivity index (χ2n) is 4.02. The molecule has 0 aliphatic carbocycles. The van der Waals surface area contributed by atoms with Crippen LogP contribution in [0.5, 0.6) is 0 Å². The zero-order chi connectivity index (χ0) is 13.0. The fourth-order valence-corrected chi connectivity index (χ4v) is 1.66. The van der Waals surface area contributed by atoms with E-state index in [0.717, 1.165) is 5.39 Å². The summed E-state index contributed by atoms with van der Waals surface area (Å²) in [7, 11) is 1.53. The van der Waals surface area contributed by atoms with Gasteiger partial charge in [-0.2, -0.15) is 0 Å². The minimum Gasteiger partial charge on any atom is -0.389 e. The number of fused-ring (bicyclic) bond motifs is 1. The molecule has 1 atom stereocenters. The van der Waals surface area contributed by atoms with E-state index in [2.05, 4.69) is 10.3 Å². The topological polar surface area (TPSA) is 54.4 Å². The summed E-state index contributed by atoms with van der Waals surface area (Å²) in [5.41, 5.74) is 0.584. The predicted octanol–water partition coefficient (Wildman–Crippen LogP) is 1.79. The average Bonchev–Trinajstić information content (AvgIpc) is 2.36. The van der Waals surface area contributed by atoms with Gasteiger partial charge in [-0.05, 0) is 24.3 Å². The highest BCUT2D eigenvalue weighted by Gasteiger charge is 2.04. The highest BCUT2D eigenvalue weighted by Crippen LogP contribution is 2.16. The van der Waals surface area contributed by atoms with Gasteiger partial charge in [0, 0.05) is 25.1 Å². The highest BCUT2D eigenvalue weighted by molar-refractivity contribution is 5.80. The molecular weight excluding hydrogens is 235 g/mol. The third-order valence-electron chi connectivity index (χ3n) is 2.53. The molecule has 0 fully saturated rings. The number of benzene rings is 1. The predicted molar refractivity (Wildman–Crippen MR) is 68.1 cm³/mol. The zero-order valence-corrected chi connectivity index (χ0v) is 10.1. The van der Waals surface area contributed by atoms with Crippen LogP contribution in [0.15, 0.2) is 30.3 Å². The van der Waals surface area contributed by atoms with Gasteiger partial charge in [-0.25, -0.2) is 9.37 Å². The molecule has 0 bridgehead atoms. The van der Waals surface area contributed by atoms with Crippen molar-refractivity contribution in [2.45, 2.75) is 6.10 Å². The van der Waals surface area contributed by atoms with Gasteiger partial charge in [0.1, 0.15) is 11.6 Å². The lowest BCUT2D eigenvalue weighted by Crippen LogP contribution is -2.24. The standard InChI is InChI=1S/C13H15FN2O2/c1-18-8-11(17)7-15-13-5-3-9-2-4-10(14)6-12(9)16-13/h2-6,11,17H,7-8H2,1H3,(H,15,16). The summed E-state index contributed by atoms with van der Waals surface area (Å²) in [6, 6.07) is 8.11. The molecule has 0 saturated heterocycles. The maximum atomic E-state index is 13.1. The number of methoxy groups -OCH3 is 1. The van der Waals surface area contributed by atoms with Gasteiger partial charge in [-0.15, -0.1) is 0 Å². The molecule has 0 aliphatic heterocycles. The molecule has 1 unspecified atom stereocenters. The summed E-state index contributed by atoms with van der Waals surface area (Å²) in [4.78, 5) is 4.27. The van der Waals surface area contributed by atoms with Crippen LogP contribution < -0.4 is 5.32 Å². The maximum Gasteiger partial charge on any atom is 0.126 e. The number of rotatable bonds is 5. The van der Waals surface area contributed by atoms with Crippen molar-refractivity contribution in [3.8, 4) is 0 Å². The van der Waals surface area contributed by atoms with Crippen molar-refractivity contribution in [1.82, 2.24) is 4.98 Å². The molecule has 2 N–H and O–H groups in total. The van der Waals surface area contributed by atoms with Gasteiger partial charge in [-0.3, -0.25) is 0 Å². The maximum absolute atomic E-state index is 13.1. The second kappa shape index (κ2) is 5.75. The van der Waals surface area contributed by atoms with Gasteiger partial charge >= 0.3 is 0 Å². The zero-order valence-electron chi connectivity index (χ0n) is 10.1. The minimum atomic E-state index is -0.597. The third-order valence-corrected chi connectivity index (χ3v) is 2.53. The molecule has 4 nitrogen and oxygen atoms in total. The molecule has 0 amide bonds. The number of aliphatic hydroxyl groups excluding tert-OH is 1. The van der Waals surface area contributed by atoms with E-state index in [1.165, 1.54) is 19.2 Å². The Balaban J connectivity index is 2.09. The minimum absolute atomic E-state index is 0.259. The Morgan fingerprint density at radius 2 is 2.17 bits per heavy atom. The molecule has 5 heteroatoms. The molecule has 0 aliphatic rings. The van der Waals surface area contributed by atoms with E-state index in [1.54, 1.807) is 12.1 Å². The van der Waals surface area contributed by atoms with Crippen LogP contribution in [-0.2, 0) is 4.74 Å². The van der Waals surface area contributed by atoms with E-state index in [0.29, 0.717) is 17.9 Å².